The number of hydrogen-bond donors (Lipinski definition) is 1. The van der Waals surface area contributed by atoms with Crippen molar-refractivity contribution in [2.75, 3.05) is 19.7 Å². The minimum absolute atomic E-state index is 0.0445. The van der Waals surface area contributed by atoms with Crippen LogP contribution in [0.3, 0.4) is 0 Å². The fraction of sp³-hybridized carbons (Fsp3) is 0.500. The average Bonchev–Trinajstić information content (AvgIpc) is 2.48. The number of primary amides is 1. The first-order valence-corrected chi connectivity index (χ1v) is 7.36. The van der Waals surface area contributed by atoms with Crippen LogP contribution in [-0.2, 0) is 16.0 Å². The standard InChI is InChI=1S/C16H22N2O3/c1-2-21-16(20)18-9-8-14(15(17)19)13(11-18)10-12-6-4-3-5-7-12/h3-7,13-14H,2,8-11H2,1H3,(H2,17,19)/t13-,14-/m1/s1. The van der Waals surface area contributed by atoms with E-state index >= 15 is 0 Å². The Labute approximate surface area is 125 Å². The number of amides is 2. The lowest BCUT2D eigenvalue weighted by molar-refractivity contribution is -0.125. The number of likely N-dealkylation sites (tertiary alicyclic amines) is 1. The van der Waals surface area contributed by atoms with Crippen molar-refractivity contribution in [2.45, 2.75) is 19.8 Å². The number of ether oxygens (including phenoxy) is 1. The zero-order chi connectivity index (χ0) is 15.2. The molecule has 0 aromatic heterocycles. The van der Waals surface area contributed by atoms with Crippen LogP contribution in [0, 0.1) is 11.8 Å². The molecule has 0 radical (unpaired) electrons. The quantitative estimate of drug-likeness (QED) is 0.919. The highest BCUT2D eigenvalue weighted by atomic mass is 16.6. The molecule has 2 amide bonds. The first kappa shape index (κ1) is 15.4. The van der Waals surface area contributed by atoms with Gasteiger partial charge in [-0.2, -0.15) is 0 Å². The molecule has 0 bridgehead atoms. The molecule has 5 heteroatoms. The molecule has 0 unspecified atom stereocenters. The number of piperidine rings is 1. The van der Waals surface area contributed by atoms with Gasteiger partial charge in [0.15, 0.2) is 0 Å². The summed E-state index contributed by atoms with van der Waals surface area (Å²) in [6, 6.07) is 9.96. The van der Waals surface area contributed by atoms with Gasteiger partial charge in [-0.3, -0.25) is 4.79 Å². The Morgan fingerprint density at radius 3 is 2.67 bits per heavy atom. The molecule has 2 rings (SSSR count). The molecule has 21 heavy (non-hydrogen) atoms. The van der Waals surface area contributed by atoms with Crippen LogP contribution in [0.1, 0.15) is 18.9 Å². The summed E-state index contributed by atoms with van der Waals surface area (Å²) in [4.78, 5) is 25.2. The second-order valence-corrected chi connectivity index (χ2v) is 5.39. The summed E-state index contributed by atoms with van der Waals surface area (Å²) in [5, 5.41) is 0. The van der Waals surface area contributed by atoms with E-state index in [0.717, 1.165) is 12.0 Å². The maximum absolute atomic E-state index is 11.9. The minimum Gasteiger partial charge on any atom is -0.450 e. The molecule has 1 saturated heterocycles. The Morgan fingerprint density at radius 1 is 1.33 bits per heavy atom. The van der Waals surface area contributed by atoms with Gasteiger partial charge in [-0.1, -0.05) is 30.3 Å². The van der Waals surface area contributed by atoms with E-state index in [1.54, 1.807) is 11.8 Å². The predicted octanol–water partition coefficient (Wildman–Crippen LogP) is 1.81. The van der Waals surface area contributed by atoms with E-state index in [1.807, 2.05) is 30.3 Å². The number of rotatable bonds is 4. The summed E-state index contributed by atoms with van der Waals surface area (Å²) in [6.45, 7) is 3.19. The third kappa shape index (κ3) is 3.97. The van der Waals surface area contributed by atoms with Crippen LogP contribution in [0.25, 0.3) is 0 Å². The summed E-state index contributed by atoms with van der Waals surface area (Å²) >= 11 is 0. The Balaban J connectivity index is 2.08. The molecule has 1 aliphatic rings. The normalized spacial score (nSPS) is 21.9. The van der Waals surface area contributed by atoms with Gasteiger partial charge in [0.1, 0.15) is 0 Å². The largest absolute Gasteiger partial charge is 0.450 e. The lowest BCUT2D eigenvalue weighted by Gasteiger charge is -2.36. The monoisotopic (exact) mass is 290 g/mol. The lowest BCUT2D eigenvalue weighted by atomic mass is 9.81. The molecule has 0 spiro atoms. The van der Waals surface area contributed by atoms with Crippen molar-refractivity contribution in [1.29, 1.82) is 0 Å². The lowest BCUT2D eigenvalue weighted by Crippen LogP contribution is -2.48. The van der Waals surface area contributed by atoms with Crippen molar-refractivity contribution in [1.82, 2.24) is 4.90 Å². The van der Waals surface area contributed by atoms with E-state index in [0.29, 0.717) is 26.1 Å². The van der Waals surface area contributed by atoms with Crippen molar-refractivity contribution in [3.63, 3.8) is 0 Å². The van der Waals surface area contributed by atoms with Gasteiger partial charge in [-0.25, -0.2) is 4.79 Å². The molecule has 0 saturated carbocycles. The summed E-state index contributed by atoms with van der Waals surface area (Å²) < 4.78 is 5.05. The van der Waals surface area contributed by atoms with Crippen molar-refractivity contribution >= 4 is 12.0 Å². The SMILES string of the molecule is CCOC(=O)N1CC[C@@H](C(N)=O)[C@H](Cc2ccccc2)C1. The van der Waals surface area contributed by atoms with Crippen molar-refractivity contribution in [3.05, 3.63) is 35.9 Å². The molecule has 5 nitrogen and oxygen atoms in total. The third-order valence-electron chi connectivity index (χ3n) is 3.97. The fourth-order valence-electron chi connectivity index (χ4n) is 2.91. The Kier molecular flexibility index (Phi) is 5.20. The highest BCUT2D eigenvalue weighted by molar-refractivity contribution is 5.77. The summed E-state index contributed by atoms with van der Waals surface area (Å²) in [6.07, 6.45) is 1.04. The number of benzene rings is 1. The molecule has 2 N–H and O–H groups in total. The van der Waals surface area contributed by atoms with Gasteiger partial charge in [0.05, 0.1) is 6.61 Å². The number of hydrogen-bond acceptors (Lipinski definition) is 3. The van der Waals surface area contributed by atoms with Gasteiger partial charge in [0.2, 0.25) is 5.91 Å². The van der Waals surface area contributed by atoms with E-state index in [1.165, 1.54) is 0 Å². The van der Waals surface area contributed by atoms with Crippen LogP contribution in [0.4, 0.5) is 4.79 Å². The zero-order valence-corrected chi connectivity index (χ0v) is 12.3. The van der Waals surface area contributed by atoms with Crippen LogP contribution < -0.4 is 5.73 Å². The Hall–Kier alpha value is -2.04. The molecule has 0 aliphatic carbocycles. The van der Waals surface area contributed by atoms with Crippen molar-refractivity contribution in [3.8, 4) is 0 Å². The average molecular weight is 290 g/mol. The Morgan fingerprint density at radius 2 is 2.05 bits per heavy atom. The van der Waals surface area contributed by atoms with Gasteiger partial charge in [0.25, 0.3) is 0 Å². The fourth-order valence-corrected chi connectivity index (χ4v) is 2.91. The van der Waals surface area contributed by atoms with Crippen molar-refractivity contribution in [2.24, 2.45) is 17.6 Å². The van der Waals surface area contributed by atoms with Crippen LogP contribution in [0.15, 0.2) is 30.3 Å². The van der Waals surface area contributed by atoms with E-state index in [2.05, 4.69) is 0 Å². The van der Waals surface area contributed by atoms with Gasteiger partial charge in [-0.15, -0.1) is 0 Å². The Bertz CT molecular complexity index is 490. The van der Waals surface area contributed by atoms with Crippen LogP contribution in [0.5, 0.6) is 0 Å². The van der Waals surface area contributed by atoms with Crippen LogP contribution in [0.2, 0.25) is 0 Å². The highest BCUT2D eigenvalue weighted by Crippen LogP contribution is 2.27. The first-order valence-electron chi connectivity index (χ1n) is 7.36. The molecular weight excluding hydrogens is 268 g/mol. The van der Waals surface area contributed by atoms with E-state index < -0.39 is 0 Å². The minimum atomic E-state index is -0.307. The second-order valence-electron chi connectivity index (χ2n) is 5.39. The van der Waals surface area contributed by atoms with Gasteiger partial charge >= 0.3 is 6.09 Å². The van der Waals surface area contributed by atoms with Gasteiger partial charge in [-0.05, 0) is 31.2 Å². The van der Waals surface area contributed by atoms with Crippen molar-refractivity contribution < 1.29 is 14.3 Å². The second kappa shape index (κ2) is 7.11. The zero-order valence-electron chi connectivity index (χ0n) is 12.3. The molecule has 2 atom stereocenters. The van der Waals surface area contributed by atoms with Gasteiger partial charge in [0, 0.05) is 19.0 Å². The summed E-state index contributed by atoms with van der Waals surface area (Å²) in [5.74, 6) is -0.418. The molecule has 1 aromatic carbocycles. The van der Waals surface area contributed by atoms with Crippen LogP contribution in [-0.4, -0.2) is 36.6 Å². The molecular formula is C16H22N2O3. The smallest absolute Gasteiger partial charge is 0.409 e. The molecule has 1 aromatic rings. The number of carbonyl (C=O) groups is 2. The van der Waals surface area contributed by atoms with E-state index in [-0.39, 0.29) is 23.8 Å². The van der Waals surface area contributed by atoms with Crippen LogP contribution >= 0.6 is 0 Å². The first-order chi connectivity index (χ1) is 10.1. The molecule has 1 aliphatic heterocycles. The molecule has 1 heterocycles. The number of nitrogens with zero attached hydrogens (tertiary/aromatic N) is 1. The third-order valence-corrected chi connectivity index (χ3v) is 3.97. The maximum Gasteiger partial charge on any atom is 0.409 e. The highest BCUT2D eigenvalue weighted by Gasteiger charge is 2.35. The molecule has 114 valence electrons. The topological polar surface area (TPSA) is 72.6 Å². The summed E-state index contributed by atoms with van der Waals surface area (Å²) in [7, 11) is 0. The molecule has 1 fully saturated rings. The number of carbonyl (C=O) groups excluding carboxylic acids is 2. The number of nitrogens with two attached hydrogens (primary N) is 1. The van der Waals surface area contributed by atoms with E-state index in [4.69, 9.17) is 10.5 Å². The summed E-state index contributed by atoms with van der Waals surface area (Å²) in [5.41, 5.74) is 6.67. The predicted molar refractivity (Wildman–Crippen MR) is 79.5 cm³/mol. The maximum atomic E-state index is 11.9. The van der Waals surface area contributed by atoms with Gasteiger partial charge < -0.3 is 15.4 Å². The van der Waals surface area contributed by atoms with E-state index in [9.17, 15) is 9.59 Å².